The van der Waals surface area contributed by atoms with E-state index in [1.165, 1.54) is 32.1 Å². The number of carbonyl (C=O) groups is 2. The van der Waals surface area contributed by atoms with Crippen molar-refractivity contribution in [1.29, 1.82) is 0 Å². The number of esters is 2. The van der Waals surface area contributed by atoms with Gasteiger partial charge >= 0.3 is 11.9 Å². The highest BCUT2D eigenvalue weighted by atomic mass is 16.5. The maximum atomic E-state index is 13.0. The fraction of sp³-hybridized carbons (Fsp3) is 0.442. The van der Waals surface area contributed by atoms with Gasteiger partial charge in [0.15, 0.2) is 0 Å². The smallest absolute Gasteiger partial charge is 0.343 e. The molecule has 5 heteroatoms. The van der Waals surface area contributed by atoms with Crippen LogP contribution in [-0.4, -0.2) is 24.6 Å². The standard InChI is InChI=1S/C43H54O5/c1-5-8-11-12-13-14-29-46-39-26-23-34(24-27-39)33-17-19-35(20-18-33)43(45)48-41-28-25-37-30-36(21-22-38(37)31-41)32(4)42(44)47-40(15-9-6-2)16-10-7-3/h17-28,30-32,40H,5-16,29H2,1-4H3/t32-/m0/s1. The Bertz CT molecular complexity index is 1550. The molecule has 0 radical (unpaired) electrons. The van der Waals surface area contributed by atoms with Crippen LogP contribution in [0.15, 0.2) is 84.9 Å². The highest BCUT2D eigenvalue weighted by molar-refractivity contribution is 5.93. The molecule has 0 aliphatic rings. The maximum Gasteiger partial charge on any atom is 0.343 e. The molecule has 0 saturated carbocycles. The zero-order valence-corrected chi connectivity index (χ0v) is 29.5. The third kappa shape index (κ3) is 11.2. The zero-order valence-electron chi connectivity index (χ0n) is 29.5. The van der Waals surface area contributed by atoms with Gasteiger partial charge in [-0.25, -0.2) is 4.79 Å². The average molecular weight is 651 g/mol. The van der Waals surface area contributed by atoms with Gasteiger partial charge in [0, 0.05) is 0 Å². The van der Waals surface area contributed by atoms with E-state index in [4.69, 9.17) is 14.2 Å². The van der Waals surface area contributed by atoms with Gasteiger partial charge < -0.3 is 14.2 Å². The van der Waals surface area contributed by atoms with Gasteiger partial charge in [0.1, 0.15) is 17.6 Å². The number of unbranched alkanes of at least 4 members (excludes halogenated alkanes) is 7. The van der Waals surface area contributed by atoms with Crippen molar-refractivity contribution in [1.82, 2.24) is 0 Å². The highest BCUT2D eigenvalue weighted by Crippen LogP contribution is 2.28. The van der Waals surface area contributed by atoms with E-state index in [1.54, 1.807) is 18.2 Å². The molecular formula is C43H54O5. The lowest BCUT2D eigenvalue weighted by Crippen LogP contribution is -2.22. The molecule has 0 amide bonds. The molecule has 0 spiro atoms. The molecule has 0 fully saturated rings. The fourth-order valence-corrected chi connectivity index (χ4v) is 5.88. The van der Waals surface area contributed by atoms with Crippen LogP contribution in [0.4, 0.5) is 0 Å². The Morgan fingerprint density at radius 3 is 1.83 bits per heavy atom. The van der Waals surface area contributed by atoms with Gasteiger partial charge in [-0.15, -0.1) is 0 Å². The molecule has 4 rings (SSSR count). The molecule has 0 heterocycles. The average Bonchev–Trinajstić information content (AvgIpc) is 3.12. The van der Waals surface area contributed by atoms with Crippen LogP contribution in [0.25, 0.3) is 21.9 Å². The number of hydrogen-bond donors (Lipinski definition) is 0. The largest absolute Gasteiger partial charge is 0.494 e. The van der Waals surface area contributed by atoms with E-state index in [1.807, 2.05) is 73.7 Å². The van der Waals surface area contributed by atoms with Crippen LogP contribution in [0, 0.1) is 0 Å². The number of carbonyl (C=O) groups excluding carboxylic acids is 2. The second kappa shape index (κ2) is 19.6. The summed E-state index contributed by atoms with van der Waals surface area (Å²) in [5.41, 5.74) is 3.48. The normalized spacial score (nSPS) is 11.9. The molecule has 1 atom stereocenters. The summed E-state index contributed by atoms with van der Waals surface area (Å²) in [5, 5.41) is 1.91. The summed E-state index contributed by atoms with van der Waals surface area (Å²) in [6, 6.07) is 27.1. The van der Waals surface area contributed by atoms with Gasteiger partial charge in [0.05, 0.1) is 18.1 Å². The van der Waals surface area contributed by atoms with Crippen molar-refractivity contribution in [3.8, 4) is 22.6 Å². The summed E-state index contributed by atoms with van der Waals surface area (Å²) >= 11 is 0. The highest BCUT2D eigenvalue weighted by Gasteiger charge is 2.21. The zero-order chi connectivity index (χ0) is 34.1. The fourth-order valence-electron chi connectivity index (χ4n) is 5.88. The predicted molar refractivity (Wildman–Crippen MR) is 197 cm³/mol. The van der Waals surface area contributed by atoms with E-state index in [9.17, 15) is 9.59 Å². The topological polar surface area (TPSA) is 61.8 Å². The number of hydrogen-bond acceptors (Lipinski definition) is 5. The van der Waals surface area contributed by atoms with Crippen LogP contribution in [0.5, 0.6) is 11.5 Å². The Labute approximate surface area is 288 Å². The van der Waals surface area contributed by atoms with E-state index in [0.717, 1.165) is 84.8 Å². The molecule has 0 aromatic heterocycles. The van der Waals surface area contributed by atoms with Gasteiger partial charge in [-0.2, -0.15) is 0 Å². The van der Waals surface area contributed by atoms with Crippen molar-refractivity contribution in [2.45, 2.75) is 117 Å². The Morgan fingerprint density at radius 2 is 1.17 bits per heavy atom. The first-order valence-corrected chi connectivity index (χ1v) is 18.2. The minimum atomic E-state index is -0.409. The molecule has 256 valence electrons. The van der Waals surface area contributed by atoms with Gasteiger partial charge in [0.25, 0.3) is 0 Å². The van der Waals surface area contributed by atoms with Gasteiger partial charge in [-0.05, 0) is 90.0 Å². The quantitative estimate of drug-likeness (QED) is 0.0541. The molecular weight excluding hydrogens is 596 g/mol. The van der Waals surface area contributed by atoms with Gasteiger partial charge in [0.2, 0.25) is 0 Å². The summed E-state index contributed by atoms with van der Waals surface area (Å²) in [7, 11) is 0. The second-order valence-corrected chi connectivity index (χ2v) is 12.9. The van der Waals surface area contributed by atoms with Crippen LogP contribution in [-0.2, 0) is 9.53 Å². The van der Waals surface area contributed by atoms with Crippen molar-refractivity contribution in [3.05, 3.63) is 96.1 Å². The first kappa shape index (κ1) is 36.7. The van der Waals surface area contributed by atoms with Crippen molar-refractivity contribution in [2.24, 2.45) is 0 Å². The Balaban J connectivity index is 1.30. The number of rotatable bonds is 20. The van der Waals surface area contributed by atoms with Crippen molar-refractivity contribution < 1.29 is 23.8 Å². The molecule has 0 aliphatic carbocycles. The molecule has 0 N–H and O–H groups in total. The first-order valence-electron chi connectivity index (χ1n) is 18.2. The first-order chi connectivity index (χ1) is 23.4. The third-order valence-electron chi connectivity index (χ3n) is 9.02. The van der Waals surface area contributed by atoms with E-state index < -0.39 is 5.97 Å². The van der Waals surface area contributed by atoms with Crippen LogP contribution >= 0.6 is 0 Å². The molecule has 5 nitrogen and oxygen atoms in total. The minimum Gasteiger partial charge on any atom is -0.494 e. The summed E-state index contributed by atoms with van der Waals surface area (Å²) in [6.07, 6.45) is 13.6. The second-order valence-electron chi connectivity index (χ2n) is 12.9. The lowest BCUT2D eigenvalue weighted by atomic mass is 9.97. The lowest BCUT2D eigenvalue weighted by Gasteiger charge is -2.20. The maximum absolute atomic E-state index is 13.0. The van der Waals surface area contributed by atoms with Crippen LogP contribution in [0.1, 0.15) is 127 Å². The number of ether oxygens (including phenoxy) is 3. The molecule has 4 aromatic carbocycles. The lowest BCUT2D eigenvalue weighted by molar-refractivity contribution is -0.151. The van der Waals surface area contributed by atoms with E-state index in [2.05, 4.69) is 20.8 Å². The van der Waals surface area contributed by atoms with Gasteiger partial charge in [-0.1, -0.05) is 127 Å². The minimum absolute atomic E-state index is 0.0141. The van der Waals surface area contributed by atoms with Crippen LogP contribution < -0.4 is 9.47 Å². The molecule has 0 aliphatic heterocycles. The predicted octanol–water partition coefficient (Wildman–Crippen LogP) is 11.9. The molecule has 4 aromatic rings. The summed E-state index contributed by atoms with van der Waals surface area (Å²) in [5.74, 6) is 0.413. The third-order valence-corrected chi connectivity index (χ3v) is 9.02. The van der Waals surface area contributed by atoms with Gasteiger partial charge in [-0.3, -0.25) is 4.79 Å². The van der Waals surface area contributed by atoms with Crippen molar-refractivity contribution in [2.75, 3.05) is 6.61 Å². The van der Waals surface area contributed by atoms with Crippen molar-refractivity contribution >= 4 is 22.7 Å². The number of benzene rings is 4. The van der Waals surface area contributed by atoms with Crippen LogP contribution in [0.3, 0.4) is 0 Å². The van der Waals surface area contributed by atoms with E-state index in [-0.39, 0.29) is 18.0 Å². The van der Waals surface area contributed by atoms with Crippen molar-refractivity contribution in [3.63, 3.8) is 0 Å². The van der Waals surface area contributed by atoms with E-state index >= 15 is 0 Å². The Hall–Kier alpha value is -4.12. The van der Waals surface area contributed by atoms with Crippen LogP contribution in [0.2, 0.25) is 0 Å². The SMILES string of the molecule is CCCCCCCCOc1ccc(-c2ccc(C(=O)Oc3ccc4cc([C@H](C)C(=O)OC(CCCC)CCCC)ccc4c3)cc2)cc1. The molecule has 0 saturated heterocycles. The molecule has 0 unspecified atom stereocenters. The Kier molecular flexibility index (Phi) is 15.0. The number of fused-ring (bicyclic) bond motifs is 1. The summed E-state index contributed by atoms with van der Waals surface area (Å²) in [6.45, 7) is 9.21. The molecule has 0 bridgehead atoms. The monoisotopic (exact) mass is 650 g/mol. The molecule has 48 heavy (non-hydrogen) atoms. The summed E-state index contributed by atoms with van der Waals surface area (Å²) in [4.78, 5) is 26.0. The Morgan fingerprint density at radius 1 is 0.604 bits per heavy atom. The van der Waals surface area contributed by atoms with E-state index in [0.29, 0.717) is 11.3 Å². The summed E-state index contributed by atoms with van der Waals surface area (Å²) < 4.78 is 17.6.